The van der Waals surface area contributed by atoms with Crippen LogP contribution in [0, 0.1) is 5.82 Å². The van der Waals surface area contributed by atoms with Crippen LogP contribution in [-0.2, 0) is 14.8 Å². The third kappa shape index (κ3) is 4.16. The summed E-state index contributed by atoms with van der Waals surface area (Å²) >= 11 is 4.62. The molecule has 0 fully saturated rings. The molecule has 1 heterocycles. The molecule has 0 aromatic heterocycles. The minimum Gasteiger partial charge on any atom is -0.325 e. The quantitative estimate of drug-likeness (QED) is 0.743. The van der Waals surface area contributed by atoms with Crippen molar-refractivity contribution in [1.82, 2.24) is 0 Å². The minimum absolute atomic E-state index is 0.0518. The lowest BCUT2D eigenvalue weighted by Crippen LogP contribution is -2.16. The number of carbonyl (C=O) groups excluding carboxylic acids is 1. The van der Waals surface area contributed by atoms with Crippen molar-refractivity contribution >= 4 is 55.0 Å². The van der Waals surface area contributed by atoms with Gasteiger partial charge in [0.1, 0.15) is 5.82 Å². The molecule has 0 unspecified atom stereocenters. The number of fused-ring (bicyclic) bond motifs is 1. The van der Waals surface area contributed by atoms with Crippen LogP contribution in [0.1, 0.15) is 13.3 Å². The van der Waals surface area contributed by atoms with Crippen LogP contribution in [0.2, 0.25) is 0 Å². The third-order valence-corrected chi connectivity index (χ3v) is 6.55. The second-order valence-corrected chi connectivity index (χ2v) is 9.65. The fraction of sp³-hybridized carbons (Fsp3) is 0.188. The Bertz CT molecular complexity index is 950. The zero-order chi connectivity index (χ0) is 18.2. The lowest BCUT2D eigenvalue weighted by Gasteiger charge is -2.12. The monoisotopic (exact) mass is 444 g/mol. The van der Waals surface area contributed by atoms with Crippen molar-refractivity contribution in [2.45, 2.75) is 28.4 Å². The molecule has 5 nitrogen and oxygen atoms in total. The largest absolute Gasteiger partial charge is 0.325 e. The number of halogens is 2. The van der Waals surface area contributed by atoms with E-state index in [1.54, 1.807) is 6.07 Å². The van der Waals surface area contributed by atoms with Gasteiger partial charge in [-0.05, 0) is 36.4 Å². The maximum absolute atomic E-state index is 13.9. The molecule has 1 atom stereocenters. The Morgan fingerprint density at radius 1 is 1.28 bits per heavy atom. The second kappa shape index (κ2) is 6.97. The van der Waals surface area contributed by atoms with Crippen LogP contribution in [-0.4, -0.2) is 19.6 Å². The molecule has 0 saturated carbocycles. The van der Waals surface area contributed by atoms with Gasteiger partial charge in [0, 0.05) is 21.0 Å². The summed E-state index contributed by atoms with van der Waals surface area (Å²) in [5.41, 5.74) is 0.295. The van der Waals surface area contributed by atoms with Gasteiger partial charge in [0.2, 0.25) is 5.91 Å². The van der Waals surface area contributed by atoms with Gasteiger partial charge in [-0.2, -0.15) is 0 Å². The molecule has 3 rings (SSSR count). The summed E-state index contributed by atoms with van der Waals surface area (Å²) in [7, 11) is -3.99. The molecule has 132 valence electrons. The molecule has 0 saturated heterocycles. The van der Waals surface area contributed by atoms with E-state index in [1.807, 2.05) is 6.92 Å². The first-order chi connectivity index (χ1) is 11.7. The van der Waals surface area contributed by atoms with Gasteiger partial charge >= 0.3 is 0 Å². The number of carbonyl (C=O) groups is 1. The molecule has 2 aromatic rings. The highest BCUT2D eigenvalue weighted by Gasteiger charge is 2.23. The average Bonchev–Trinajstić information content (AvgIpc) is 2.65. The Morgan fingerprint density at radius 2 is 2.04 bits per heavy atom. The first-order valence-electron chi connectivity index (χ1n) is 7.33. The maximum atomic E-state index is 13.9. The molecule has 1 aliphatic heterocycles. The van der Waals surface area contributed by atoms with Crippen molar-refractivity contribution in [1.29, 1.82) is 0 Å². The fourth-order valence-electron chi connectivity index (χ4n) is 2.37. The van der Waals surface area contributed by atoms with Crippen molar-refractivity contribution in [3.05, 3.63) is 46.7 Å². The highest BCUT2D eigenvalue weighted by Crippen LogP contribution is 2.36. The van der Waals surface area contributed by atoms with Crippen LogP contribution in [0.3, 0.4) is 0 Å². The molecule has 1 amide bonds. The standard InChI is InChI=1S/C16H14BrFN2O3S2/c1-9-6-16(21)19-14-8-11(3-5-15(14)24-9)25(22,23)20-13-4-2-10(17)7-12(13)18/h2-5,7-9,20H,6H2,1H3,(H,19,21)/t9-/m0/s1. The zero-order valence-corrected chi connectivity index (χ0v) is 16.3. The van der Waals surface area contributed by atoms with E-state index in [0.717, 1.165) is 4.90 Å². The Balaban J connectivity index is 1.94. The molecule has 0 spiro atoms. The van der Waals surface area contributed by atoms with Crippen LogP contribution < -0.4 is 10.0 Å². The molecule has 2 aromatic carbocycles. The molecular weight excluding hydrogens is 431 g/mol. The van der Waals surface area contributed by atoms with Crippen LogP contribution in [0.5, 0.6) is 0 Å². The van der Waals surface area contributed by atoms with Crippen LogP contribution in [0.25, 0.3) is 0 Å². The van der Waals surface area contributed by atoms with Gasteiger partial charge in [-0.15, -0.1) is 11.8 Å². The van der Waals surface area contributed by atoms with Crippen LogP contribution >= 0.6 is 27.7 Å². The number of thioether (sulfide) groups is 1. The summed E-state index contributed by atoms with van der Waals surface area (Å²) in [6.07, 6.45) is 0.351. The molecular formula is C16H14BrFN2O3S2. The first-order valence-corrected chi connectivity index (χ1v) is 10.5. The SMILES string of the molecule is C[C@H]1CC(=O)Nc2cc(S(=O)(=O)Nc3ccc(Br)cc3F)ccc2S1. The first kappa shape index (κ1) is 18.2. The number of sulfonamides is 1. The van der Waals surface area contributed by atoms with Gasteiger partial charge in [-0.1, -0.05) is 22.9 Å². The van der Waals surface area contributed by atoms with E-state index >= 15 is 0 Å². The number of hydrogen-bond acceptors (Lipinski definition) is 4. The van der Waals surface area contributed by atoms with E-state index in [1.165, 1.54) is 42.1 Å². The van der Waals surface area contributed by atoms with Gasteiger partial charge in [0.15, 0.2) is 0 Å². The highest BCUT2D eigenvalue weighted by molar-refractivity contribution is 9.10. The van der Waals surface area contributed by atoms with Crippen LogP contribution in [0.15, 0.2) is 50.7 Å². The summed E-state index contributed by atoms with van der Waals surface area (Å²) in [6, 6.07) is 8.52. The number of rotatable bonds is 3. The Hall–Kier alpha value is -1.58. The average molecular weight is 445 g/mol. The fourth-order valence-corrected chi connectivity index (χ4v) is 4.85. The minimum atomic E-state index is -3.99. The van der Waals surface area contributed by atoms with Gasteiger partial charge in [0.25, 0.3) is 10.0 Å². The van der Waals surface area contributed by atoms with Crippen molar-refractivity contribution < 1.29 is 17.6 Å². The van der Waals surface area contributed by atoms with Crippen molar-refractivity contribution in [3.63, 3.8) is 0 Å². The Labute approximate surface area is 157 Å². The van der Waals surface area contributed by atoms with Crippen molar-refractivity contribution in [2.24, 2.45) is 0 Å². The molecule has 9 heteroatoms. The summed E-state index contributed by atoms with van der Waals surface area (Å²) in [5.74, 6) is -0.856. The summed E-state index contributed by atoms with van der Waals surface area (Å²) < 4.78 is 41.7. The molecule has 2 N–H and O–H groups in total. The number of amides is 1. The second-order valence-electron chi connectivity index (χ2n) is 5.57. The Kier molecular flexibility index (Phi) is 5.08. The highest BCUT2D eigenvalue weighted by atomic mass is 79.9. The van der Waals surface area contributed by atoms with Crippen molar-refractivity contribution in [2.75, 3.05) is 10.0 Å². The van der Waals surface area contributed by atoms with E-state index < -0.39 is 15.8 Å². The topological polar surface area (TPSA) is 75.3 Å². The van der Waals surface area contributed by atoms with Gasteiger partial charge in [0.05, 0.1) is 16.3 Å². The summed E-state index contributed by atoms with van der Waals surface area (Å²) in [4.78, 5) is 12.6. The van der Waals surface area contributed by atoms with E-state index in [9.17, 15) is 17.6 Å². The van der Waals surface area contributed by atoms with E-state index in [-0.39, 0.29) is 21.7 Å². The predicted molar refractivity (Wildman–Crippen MR) is 99.9 cm³/mol. The summed E-state index contributed by atoms with van der Waals surface area (Å²) in [5, 5.41) is 2.81. The maximum Gasteiger partial charge on any atom is 0.262 e. The predicted octanol–water partition coefficient (Wildman–Crippen LogP) is 4.21. The number of nitrogens with one attached hydrogen (secondary N) is 2. The third-order valence-electron chi connectivity index (χ3n) is 3.51. The lowest BCUT2D eigenvalue weighted by atomic mass is 10.3. The normalized spacial score (nSPS) is 17.4. The van der Waals surface area contributed by atoms with E-state index in [4.69, 9.17) is 0 Å². The van der Waals surface area contributed by atoms with E-state index in [0.29, 0.717) is 16.6 Å². The number of anilines is 2. The molecule has 0 aliphatic carbocycles. The van der Waals surface area contributed by atoms with E-state index in [2.05, 4.69) is 26.0 Å². The number of hydrogen-bond donors (Lipinski definition) is 2. The zero-order valence-electron chi connectivity index (χ0n) is 13.0. The molecule has 1 aliphatic rings. The Morgan fingerprint density at radius 3 is 2.76 bits per heavy atom. The van der Waals surface area contributed by atoms with Crippen molar-refractivity contribution in [3.8, 4) is 0 Å². The van der Waals surface area contributed by atoms with Crippen LogP contribution in [0.4, 0.5) is 15.8 Å². The summed E-state index contributed by atoms with van der Waals surface area (Å²) in [6.45, 7) is 1.93. The van der Waals surface area contributed by atoms with Gasteiger partial charge in [-0.3, -0.25) is 9.52 Å². The smallest absolute Gasteiger partial charge is 0.262 e. The van der Waals surface area contributed by atoms with Gasteiger partial charge < -0.3 is 5.32 Å². The van der Waals surface area contributed by atoms with Gasteiger partial charge in [-0.25, -0.2) is 12.8 Å². The molecule has 25 heavy (non-hydrogen) atoms. The number of benzene rings is 2. The molecule has 0 radical (unpaired) electrons. The molecule has 0 bridgehead atoms. The lowest BCUT2D eigenvalue weighted by molar-refractivity contribution is -0.116.